The van der Waals surface area contributed by atoms with Crippen LogP contribution in [-0.4, -0.2) is 65.2 Å². The second kappa shape index (κ2) is 11.7. The fourth-order valence-electron chi connectivity index (χ4n) is 4.48. The summed E-state index contributed by atoms with van der Waals surface area (Å²) in [5, 5.41) is 23.6. The molecular formula is C27H32N6O3. The fraction of sp³-hybridized carbons (Fsp3) is 0.407. The lowest BCUT2D eigenvalue weighted by atomic mass is 10.1. The Morgan fingerprint density at radius 2 is 2.14 bits per heavy atom. The molecule has 1 aromatic heterocycles. The molecule has 9 heteroatoms. The van der Waals surface area contributed by atoms with Gasteiger partial charge in [-0.1, -0.05) is 24.3 Å². The van der Waals surface area contributed by atoms with Crippen LogP contribution in [0, 0.1) is 11.3 Å². The number of nitriles is 1. The molecule has 1 aliphatic rings. The highest BCUT2D eigenvalue weighted by Crippen LogP contribution is 2.29. The average Bonchev–Trinajstić information content (AvgIpc) is 3.29. The predicted molar refractivity (Wildman–Crippen MR) is 139 cm³/mol. The largest absolute Gasteiger partial charge is 0.508 e. The first-order chi connectivity index (χ1) is 17.5. The van der Waals surface area contributed by atoms with Crippen molar-refractivity contribution in [2.75, 3.05) is 43.5 Å². The van der Waals surface area contributed by atoms with E-state index in [-0.39, 0.29) is 23.5 Å². The van der Waals surface area contributed by atoms with Gasteiger partial charge >= 0.3 is 6.01 Å². The maximum absolute atomic E-state index is 13.3. The minimum Gasteiger partial charge on any atom is -0.508 e. The average molecular weight is 489 g/mol. The van der Waals surface area contributed by atoms with Gasteiger partial charge < -0.3 is 25.0 Å². The van der Waals surface area contributed by atoms with Crippen LogP contribution >= 0.6 is 0 Å². The summed E-state index contributed by atoms with van der Waals surface area (Å²) in [4.78, 5) is 26.6. The van der Waals surface area contributed by atoms with Gasteiger partial charge in [-0.25, -0.2) is 0 Å². The number of phenolic OH excluding ortho intramolecular Hbond substituents is 1. The molecule has 0 bridgehead atoms. The zero-order valence-corrected chi connectivity index (χ0v) is 20.8. The maximum atomic E-state index is 13.3. The monoisotopic (exact) mass is 488 g/mol. The minimum absolute atomic E-state index is 0.0618. The van der Waals surface area contributed by atoms with E-state index in [1.54, 1.807) is 12.1 Å². The summed E-state index contributed by atoms with van der Waals surface area (Å²) in [5.41, 5.74) is 0.660. The van der Waals surface area contributed by atoms with Crippen molar-refractivity contribution < 1.29 is 14.6 Å². The summed E-state index contributed by atoms with van der Waals surface area (Å²) in [6.07, 6.45) is 3.30. The van der Waals surface area contributed by atoms with Crippen LogP contribution in [0.25, 0.3) is 10.8 Å². The molecule has 0 spiro atoms. The molecule has 3 aromatic rings. The van der Waals surface area contributed by atoms with Gasteiger partial charge in [0.2, 0.25) is 0 Å². The molecule has 2 aromatic carbocycles. The Bertz CT molecular complexity index is 1260. The number of nitrogens with one attached hydrogen (secondary N) is 1. The van der Waals surface area contributed by atoms with Crippen molar-refractivity contribution in [3.63, 3.8) is 0 Å². The number of aromatic nitrogens is 2. The van der Waals surface area contributed by atoms with Crippen molar-refractivity contribution in [1.82, 2.24) is 14.9 Å². The molecular weight excluding hydrogens is 456 g/mol. The van der Waals surface area contributed by atoms with E-state index in [2.05, 4.69) is 33.3 Å². The topological polar surface area (TPSA) is 115 Å². The highest BCUT2D eigenvalue weighted by molar-refractivity contribution is 6.09. The molecule has 188 valence electrons. The quantitative estimate of drug-likeness (QED) is 0.408. The molecule has 1 aliphatic heterocycles. The molecule has 1 amide bonds. The van der Waals surface area contributed by atoms with Crippen LogP contribution in [0.15, 0.2) is 42.5 Å². The van der Waals surface area contributed by atoms with Gasteiger partial charge in [0, 0.05) is 43.1 Å². The lowest BCUT2D eigenvalue weighted by Gasteiger charge is -2.23. The number of carbonyl (C=O) groups excluding carboxylic acids is 1. The van der Waals surface area contributed by atoms with Crippen LogP contribution in [0.1, 0.15) is 43.1 Å². The van der Waals surface area contributed by atoms with E-state index in [1.165, 1.54) is 6.07 Å². The summed E-state index contributed by atoms with van der Waals surface area (Å²) < 4.78 is 5.99. The zero-order valence-electron chi connectivity index (χ0n) is 20.8. The standard InChI is InChI=1S/C27H32N6O3/c1-3-33(14-7-6-12-28)25-17-24(30-27(31-25)36-18-20-10-8-13-32(20)2)26(35)29-23-16-21(34)15-19-9-4-5-11-22(19)23/h4-5,9,11,15-17,20,34H,3,6-8,10,13-14,18H2,1-2H3,(H,29,35)/t20-/m0/s1. The van der Waals surface area contributed by atoms with Gasteiger partial charge in [-0.05, 0) is 51.2 Å². The van der Waals surface area contributed by atoms with Crippen LogP contribution in [-0.2, 0) is 0 Å². The molecule has 4 rings (SSSR count). The third kappa shape index (κ3) is 6.01. The molecule has 1 atom stereocenters. The molecule has 2 heterocycles. The highest BCUT2D eigenvalue weighted by atomic mass is 16.5. The van der Waals surface area contributed by atoms with E-state index < -0.39 is 5.91 Å². The van der Waals surface area contributed by atoms with Gasteiger partial charge in [-0.3, -0.25) is 4.79 Å². The normalized spacial score (nSPS) is 15.5. The predicted octanol–water partition coefficient (Wildman–Crippen LogP) is 4.19. The second-order valence-electron chi connectivity index (χ2n) is 8.99. The number of benzene rings is 2. The summed E-state index contributed by atoms with van der Waals surface area (Å²) in [7, 11) is 2.07. The van der Waals surface area contributed by atoms with Crippen LogP contribution < -0.4 is 15.0 Å². The third-order valence-electron chi connectivity index (χ3n) is 6.52. The first-order valence-corrected chi connectivity index (χ1v) is 12.4. The summed E-state index contributed by atoms with van der Waals surface area (Å²) >= 11 is 0. The molecule has 2 N–H and O–H groups in total. The molecule has 0 radical (unpaired) electrons. The Morgan fingerprint density at radius 3 is 2.89 bits per heavy atom. The number of phenols is 1. The van der Waals surface area contributed by atoms with Crippen molar-refractivity contribution in [3.8, 4) is 17.8 Å². The number of fused-ring (bicyclic) bond motifs is 1. The summed E-state index contributed by atoms with van der Waals surface area (Å²) in [5.74, 6) is 0.211. The van der Waals surface area contributed by atoms with E-state index in [9.17, 15) is 9.90 Å². The Morgan fingerprint density at radius 1 is 1.31 bits per heavy atom. The number of anilines is 2. The molecule has 0 saturated carbocycles. The maximum Gasteiger partial charge on any atom is 0.319 e. The van der Waals surface area contributed by atoms with Gasteiger partial charge in [0.1, 0.15) is 23.9 Å². The number of nitrogens with zero attached hydrogens (tertiary/aromatic N) is 5. The number of unbranched alkanes of at least 4 members (excludes halogenated alkanes) is 1. The van der Waals surface area contributed by atoms with Gasteiger partial charge in [0.05, 0.1) is 11.8 Å². The van der Waals surface area contributed by atoms with Crippen molar-refractivity contribution in [3.05, 3.63) is 48.2 Å². The molecule has 0 aliphatic carbocycles. The lowest BCUT2D eigenvalue weighted by molar-refractivity contribution is 0.102. The highest BCUT2D eigenvalue weighted by Gasteiger charge is 2.23. The first kappa shape index (κ1) is 25.2. The van der Waals surface area contributed by atoms with E-state index in [0.29, 0.717) is 44.0 Å². The summed E-state index contributed by atoms with van der Waals surface area (Å²) in [6.45, 7) is 4.76. The second-order valence-corrected chi connectivity index (χ2v) is 8.99. The number of hydrogen-bond acceptors (Lipinski definition) is 8. The van der Waals surface area contributed by atoms with E-state index in [4.69, 9.17) is 10.00 Å². The van der Waals surface area contributed by atoms with E-state index in [1.807, 2.05) is 36.1 Å². The number of likely N-dealkylation sites (tertiary alicyclic amines) is 1. The van der Waals surface area contributed by atoms with Gasteiger partial charge in [0.15, 0.2) is 0 Å². The Hall–Kier alpha value is -3.90. The number of aromatic hydroxyl groups is 1. The van der Waals surface area contributed by atoms with Gasteiger partial charge in [-0.2, -0.15) is 15.2 Å². The third-order valence-corrected chi connectivity index (χ3v) is 6.52. The molecule has 0 unspecified atom stereocenters. The van der Waals surface area contributed by atoms with Gasteiger partial charge in [0.25, 0.3) is 5.91 Å². The van der Waals surface area contributed by atoms with Crippen molar-refractivity contribution in [1.29, 1.82) is 5.26 Å². The van der Waals surface area contributed by atoms with Crippen molar-refractivity contribution in [2.24, 2.45) is 0 Å². The zero-order chi connectivity index (χ0) is 25.5. The van der Waals surface area contributed by atoms with Gasteiger partial charge in [-0.15, -0.1) is 0 Å². The van der Waals surface area contributed by atoms with Crippen molar-refractivity contribution in [2.45, 2.75) is 38.6 Å². The van der Waals surface area contributed by atoms with Crippen molar-refractivity contribution >= 4 is 28.2 Å². The van der Waals surface area contributed by atoms with E-state index in [0.717, 1.165) is 30.2 Å². The Balaban J connectivity index is 1.62. The molecule has 9 nitrogen and oxygen atoms in total. The lowest BCUT2D eigenvalue weighted by Crippen LogP contribution is -2.31. The number of ether oxygens (including phenoxy) is 1. The number of amides is 1. The number of rotatable bonds is 10. The van der Waals surface area contributed by atoms with Crippen LogP contribution in [0.2, 0.25) is 0 Å². The number of carbonyl (C=O) groups is 1. The molecule has 36 heavy (non-hydrogen) atoms. The SMILES string of the molecule is CCN(CCCC#N)c1cc(C(=O)Nc2cc(O)cc3ccccc23)nc(OC[C@@H]2CCCN2C)n1. The summed E-state index contributed by atoms with van der Waals surface area (Å²) in [6, 6.07) is 14.9. The van der Waals surface area contributed by atoms with Crippen LogP contribution in [0.5, 0.6) is 11.8 Å². The Labute approximate surface area is 211 Å². The van der Waals surface area contributed by atoms with Crippen LogP contribution in [0.4, 0.5) is 11.5 Å². The number of hydrogen-bond donors (Lipinski definition) is 2. The Kier molecular flexibility index (Phi) is 8.18. The smallest absolute Gasteiger partial charge is 0.319 e. The fourth-order valence-corrected chi connectivity index (χ4v) is 4.48. The molecule has 1 saturated heterocycles. The van der Waals surface area contributed by atoms with Crippen LogP contribution in [0.3, 0.4) is 0 Å². The molecule has 1 fully saturated rings. The first-order valence-electron chi connectivity index (χ1n) is 12.4. The minimum atomic E-state index is -0.426. The van der Waals surface area contributed by atoms with E-state index >= 15 is 0 Å². The number of likely N-dealkylation sites (N-methyl/N-ethyl adjacent to an activating group) is 1.